The van der Waals surface area contributed by atoms with Crippen molar-refractivity contribution in [1.29, 1.82) is 0 Å². The van der Waals surface area contributed by atoms with E-state index in [4.69, 9.17) is 11.6 Å². The Morgan fingerprint density at radius 2 is 1.68 bits per heavy atom. The summed E-state index contributed by atoms with van der Waals surface area (Å²) in [6.45, 7) is 0. The third kappa shape index (κ3) is 2.66. The highest BCUT2D eigenvalue weighted by Crippen LogP contribution is 2.17. The molecule has 0 saturated carbocycles. The Hall–Kier alpha value is -2.13. The Morgan fingerprint density at radius 1 is 0.947 bits per heavy atom. The third-order valence-corrected chi connectivity index (χ3v) is 3.14. The van der Waals surface area contributed by atoms with Crippen LogP contribution in [-0.4, -0.2) is 9.97 Å². The molecule has 0 radical (unpaired) electrons. The third-order valence-electron chi connectivity index (χ3n) is 2.83. The second-order valence-electron chi connectivity index (χ2n) is 4.20. The smallest absolute Gasteiger partial charge is 0.149 e. The lowest BCUT2D eigenvalue weighted by atomic mass is 10.2. The van der Waals surface area contributed by atoms with E-state index in [1.807, 2.05) is 48.5 Å². The van der Waals surface area contributed by atoms with Crippen molar-refractivity contribution in [3.05, 3.63) is 60.3 Å². The average molecular weight is 270 g/mol. The molecule has 0 unspecified atom stereocenters. The van der Waals surface area contributed by atoms with Gasteiger partial charge in [0.15, 0.2) is 0 Å². The van der Waals surface area contributed by atoms with Crippen LogP contribution in [0, 0.1) is 0 Å². The largest absolute Gasteiger partial charge is 0.339 e. The summed E-state index contributed by atoms with van der Waals surface area (Å²) in [5.74, 6) is 1.26. The molecule has 4 heteroatoms. The van der Waals surface area contributed by atoms with Crippen LogP contribution >= 0.6 is 11.6 Å². The summed E-state index contributed by atoms with van der Waals surface area (Å²) in [7, 11) is 0. The van der Waals surface area contributed by atoms with Gasteiger partial charge in [0, 0.05) is 11.6 Å². The average Bonchev–Trinajstić information content (AvgIpc) is 2.48. The topological polar surface area (TPSA) is 37.8 Å². The molecule has 1 N–H and O–H groups in total. The predicted octanol–water partition coefficient (Wildman–Crippen LogP) is 4.11. The molecule has 1 aromatic heterocycles. The van der Waals surface area contributed by atoms with Crippen LogP contribution in [0.5, 0.6) is 0 Å². The minimum atomic E-state index is 0.524. The van der Waals surface area contributed by atoms with Crippen molar-refractivity contribution in [2.45, 2.75) is 5.88 Å². The quantitative estimate of drug-likeness (QED) is 0.727. The fraction of sp³-hybridized carbons (Fsp3) is 0.0667. The first-order valence-corrected chi connectivity index (χ1v) is 6.52. The van der Waals surface area contributed by atoms with Gasteiger partial charge in [-0.2, -0.15) is 0 Å². The zero-order valence-electron chi connectivity index (χ0n) is 10.2. The molecular formula is C15H12ClN3. The van der Waals surface area contributed by atoms with Crippen molar-refractivity contribution in [3.8, 4) is 0 Å². The van der Waals surface area contributed by atoms with Crippen LogP contribution < -0.4 is 5.32 Å². The number of nitrogens with zero attached hydrogens (tertiary/aromatic N) is 2. The molecule has 3 nitrogen and oxygen atoms in total. The highest BCUT2D eigenvalue weighted by atomic mass is 35.5. The molecule has 3 rings (SSSR count). The molecule has 0 saturated heterocycles. The van der Waals surface area contributed by atoms with Gasteiger partial charge >= 0.3 is 0 Å². The summed E-state index contributed by atoms with van der Waals surface area (Å²) >= 11 is 5.76. The van der Waals surface area contributed by atoms with Crippen molar-refractivity contribution in [2.24, 2.45) is 0 Å². The van der Waals surface area contributed by atoms with E-state index in [0.717, 1.165) is 28.1 Å². The number of alkyl halides is 1. The summed E-state index contributed by atoms with van der Waals surface area (Å²) in [5, 5.41) is 3.23. The zero-order chi connectivity index (χ0) is 13.1. The number of hydrogen-bond acceptors (Lipinski definition) is 3. The highest BCUT2D eigenvalue weighted by Gasteiger charge is 2.00. The standard InChI is InChI=1S/C15H12ClN3/c16-9-11-5-7-12(8-6-11)18-15-10-17-13-3-1-2-4-14(13)19-15/h1-8,10H,9H2,(H,18,19). The van der Waals surface area contributed by atoms with Gasteiger partial charge in [-0.15, -0.1) is 11.6 Å². The van der Waals surface area contributed by atoms with E-state index >= 15 is 0 Å². The molecular weight excluding hydrogens is 258 g/mol. The van der Waals surface area contributed by atoms with Crippen LogP contribution in [0.2, 0.25) is 0 Å². The Kier molecular flexibility index (Phi) is 3.29. The van der Waals surface area contributed by atoms with Gasteiger partial charge in [-0.3, -0.25) is 4.98 Å². The SMILES string of the molecule is ClCc1ccc(Nc2cnc3ccccc3n2)cc1. The Morgan fingerprint density at radius 3 is 2.42 bits per heavy atom. The highest BCUT2D eigenvalue weighted by molar-refractivity contribution is 6.17. The Balaban J connectivity index is 1.87. The molecule has 0 atom stereocenters. The van der Waals surface area contributed by atoms with Crippen molar-refractivity contribution in [1.82, 2.24) is 9.97 Å². The summed E-state index contributed by atoms with van der Waals surface area (Å²) in [5.41, 5.74) is 3.84. The van der Waals surface area contributed by atoms with Crippen LogP contribution in [0.1, 0.15) is 5.56 Å². The normalized spacial score (nSPS) is 10.6. The fourth-order valence-electron chi connectivity index (χ4n) is 1.84. The van der Waals surface area contributed by atoms with Crippen molar-refractivity contribution in [2.75, 3.05) is 5.32 Å². The lowest BCUT2D eigenvalue weighted by Gasteiger charge is -2.06. The van der Waals surface area contributed by atoms with Gasteiger partial charge in [-0.05, 0) is 29.8 Å². The van der Waals surface area contributed by atoms with E-state index in [2.05, 4.69) is 15.3 Å². The van der Waals surface area contributed by atoms with E-state index in [9.17, 15) is 0 Å². The monoisotopic (exact) mass is 269 g/mol. The maximum absolute atomic E-state index is 5.76. The lowest BCUT2D eigenvalue weighted by Crippen LogP contribution is -1.95. The first kappa shape index (κ1) is 11.9. The second-order valence-corrected chi connectivity index (χ2v) is 4.47. The number of nitrogens with one attached hydrogen (secondary N) is 1. The zero-order valence-corrected chi connectivity index (χ0v) is 10.9. The second kappa shape index (κ2) is 5.24. The maximum Gasteiger partial charge on any atom is 0.149 e. The Labute approximate surface area is 116 Å². The number of rotatable bonds is 3. The number of aromatic nitrogens is 2. The lowest BCUT2D eigenvalue weighted by molar-refractivity contribution is 1.28. The number of para-hydroxylation sites is 2. The van der Waals surface area contributed by atoms with Crippen LogP contribution in [0.15, 0.2) is 54.7 Å². The summed E-state index contributed by atoms with van der Waals surface area (Å²) < 4.78 is 0. The molecule has 0 spiro atoms. The molecule has 0 aliphatic heterocycles. The number of hydrogen-bond donors (Lipinski definition) is 1. The molecule has 94 valence electrons. The molecule has 0 amide bonds. The number of halogens is 1. The molecule has 3 aromatic rings. The fourth-order valence-corrected chi connectivity index (χ4v) is 2.02. The minimum Gasteiger partial charge on any atom is -0.339 e. The van der Waals surface area contributed by atoms with Crippen LogP contribution in [0.4, 0.5) is 11.5 Å². The van der Waals surface area contributed by atoms with Gasteiger partial charge in [0.2, 0.25) is 0 Å². The predicted molar refractivity (Wildman–Crippen MR) is 78.8 cm³/mol. The van der Waals surface area contributed by atoms with E-state index < -0.39 is 0 Å². The van der Waals surface area contributed by atoms with Gasteiger partial charge in [-0.25, -0.2) is 4.98 Å². The van der Waals surface area contributed by atoms with Gasteiger partial charge in [0.1, 0.15) is 5.82 Å². The maximum atomic E-state index is 5.76. The summed E-state index contributed by atoms with van der Waals surface area (Å²) in [6, 6.07) is 15.7. The molecule has 0 fully saturated rings. The van der Waals surface area contributed by atoms with Crippen LogP contribution in [0.3, 0.4) is 0 Å². The molecule has 0 aliphatic carbocycles. The first-order chi connectivity index (χ1) is 9.35. The molecule has 0 aliphatic rings. The van der Waals surface area contributed by atoms with Crippen LogP contribution in [-0.2, 0) is 5.88 Å². The van der Waals surface area contributed by atoms with Gasteiger partial charge < -0.3 is 5.32 Å². The Bertz CT molecular complexity index is 695. The first-order valence-electron chi connectivity index (χ1n) is 5.99. The number of anilines is 2. The molecule has 0 bridgehead atoms. The molecule has 19 heavy (non-hydrogen) atoms. The summed E-state index contributed by atoms with van der Waals surface area (Å²) in [6.07, 6.45) is 1.73. The van der Waals surface area contributed by atoms with E-state index in [-0.39, 0.29) is 0 Å². The van der Waals surface area contributed by atoms with Gasteiger partial charge in [0.25, 0.3) is 0 Å². The van der Waals surface area contributed by atoms with E-state index in [0.29, 0.717) is 5.88 Å². The minimum absolute atomic E-state index is 0.524. The summed E-state index contributed by atoms with van der Waals surface area (Å²) in [4.78, 5) is 8.88. The van der Waals surface area contributed by atoms with Crippen molar-refractivity contribution >= 4 is 34.1 Å². The van der Waals surface area contributed by atoms with E-state index in [1.165, 1.54) is 0 Å². The molecule has 1 heterocycles. The van der Waals surface area contributed by atoms with Gasteiger partial charge in [-0.1, -0.05) is 24.3 Å². The molecule has 2 aromatic carbocycles. The van der Waals surface area contributed by atoms with Gasteiger partial charge in [0.05, 0.1) is 17.2 Å². The number of benzene rings is 2. The van der Waals surface area contributed by atoms with Crippen molar-refractivity contribution < 1.29 is 0 Å². The van der Waals surface area contributed by atoms with E-state index in [1.54, 1.807) is 6.20 Å². The van der Waals surface area contributed by atoms with Crippen LogP contribution in [0.25, 0.3) is 11.0 Å². The van der Waals surface area contributed by atoms with Crippen molar-refractivity contribution in [3.63, 3.8) is 0 Å². The number of fused-ring (bicyclic) bond motifs is 1.